The Balaban J connectivity index is 1.75. The number of benzene rings is 1. The van der Waals surface area contributed by atoms with E-state index in [1.165, 1.54) is 40.3 Å². The molecule has 0 N–H and O–H groups in total. The highest BCUT2D eigenvalue weighted by Crippen LogP contribution is 2.38. The van der Waals surface area contributed by atoms with Crippen molar-refractivity contribution >= 4 is 31.6 Å². The van der Waals surface area contributed by atoms with Gasteiger partial charge >= 0.3 is 0 Å². The minimum absolute atomic E-state index is 0.0264. The fourth-order valence-corrected chi connectivity index (χ4v) is 6.96. The molecule has 2 aliphatic heterocycles. The second-order valence-electron chi connectivity index (χ2n) is 7.42. The van der Waals surface area contributed by atoms with Crippen LogP contribution in [-0.4, -0.2) is 64.6 Å². The van der Waals surface area contributed by atoms with E-state index in [1.54, 1.807) is 0 Å². The highest BCUT2D eigenvalue weighted by molar-refractivity contribution is 7.90. The van der Waals surface area contributed by atoms with Gasteiger partial charge in [0.05, 0.1) is 23.8 Å². The van der Waals surface area contributed by atoms with E-state index in [1.807, 2.05) is 0 Å². The van der Waals surface area contributed by atoms with Crippen LogP contribution >= 0.6 is 0 Å². The van der Waals surface area contributed by atoms with Crippen LogP contribution in [0.2, 0.25) is 0 Å². The van der Waals surface area contributed by atoms with Gasteiger partial charge in [0.1, 0.15) is 10.7 Å². The summed E-state index contributed by atoms with van der Waals surface area (Å²) in [4.78, 5) is 4.54. The molecule has 0 aromatic heterocycles. The van der Waals surface area contributed by atoms with Crippen LogP contribution in [0.1, 0.15) is 32.1 Å². The Morgan fingerprint density at radius 2 is 1.79 bits per heavy atom. The SMILES string of the molecule is CN1C(C2CCCCC2)=Nc2ccc(S(=O)(=O)N3CCOCC3)cc2S1(=O)=O. The molecule has 0 unspecified atom stereocenters. The van der Waals surface area contributed by atoms with Gasteiger partial charge in [0.25, 0.3) is 10.0 Å². The van der Waals surface area contributed by atoms with Crippen LogP contribution in [0.25, 0.3) is 0 Å². The maximum atomic E-state index is 13.1. The lowest BCUT2D eigenvalue weighted by Crippen LogP contribution is -2.41. The Labute approximate surface area is 166 Å². The maximum absolute atomic E-state index is 13.1. The molecule has 2 heterocycles. The van der Waals surface area contributed by atoms with Gasteiger partial charge in [0.15, 0.2) is 0 Å². The lowest BCUT2D eigenvalue weighted by molar-refractivity contribution is 0.0730. The molecule has 1 aliphatic carbocycles. The second kappa shape index (κ2) is 7.40. The summed E-state index contributed by atoms with van der Waals surface area (Å²) in [5, 5.41) is 0. The predicted molar refractivity (Wildman–Crippen MR) is 105 cm³/mol. The minimum atomic E-state index is -3.84. The molecule has 8 nitrogen and oxygen atoms in total. The molecule has 1 saturated carbocycles. The fraction of sp³-hybridized carbons (Fsp3) is 0.611. The first kappa shape index (κ1) is 19.8. The molecule has 1 aromatic carbocycles. The number of fused-ring (bicyclic) bond motifs is 1. The molecule has 0 spiro atoms. The van der Waals surface area contributed by atoms with Gasteiger partial charge in [-0.15, -0.1) is 0 Å². The number of hydrogen-bond donors (Lipinski definition) is 0. The van der Waals surface area contributed by atoms with Crippen molar-refractivity contribution in [1.29, 1.82) is 0 Å². The third kappa shape index (κ3) is 3.36. The van der Waals surface area contributed by atoms with E-state index in [0.29, 0.717) is 24.7 Å². The summed E-state index contributed by atoms with van der Waals surface area (Å²) in [5.41, 5.74) is 0.319. The van der Waals surface area contributed by atoms with Gasteiger partial charge < -0.3 is 4.74 Å². The topological polar surface area (TPSA) is 96.3 Å². The molecule has 0 bridgehead atoms. The van der Waals surface area contributed by atoms with Gasteiger partial charge in [-0.3, -0.25) is 4.31 Å². The van der Waals surface area contributed by atoms with Crippen molar-refractivity contribution in [2.75, 3.05) is 33.4 Å². The van der Waals surface area contributed by atoms with Crippen LogP contribution in [-0.2, 0) is 24.8 Å². The Hall–Kier alpha value is -1.49. The van der Waals surface area contributed by atoms with Crippen molar-refractivity contribution in [3.63, 3.8) is 0 Å². The minimum Gasteiger partial charge on any atom is -0.379 e. The molecule has 0 radical (unpaired) electrons. The van der Waals surface area contributed by atoms with Gasteiger partial charge in [0.2, 0.25) is 10.0 Å². The zero-order chi connectivity index (χ0) is 19.9. The van der Waals surface area contributed by atoms with Crippen molar-refractivity contribution in [3.05, 3.63) is 18.2 Å². The Kier molecular flexibility index (Phi) is 5.24. The van der Waals surface area contributed by atoms with E-state index in [0.717, 1.165) is 25.7 Å². The van der Waals surface area contributed by atoms with Crippen molar-refractivity contribution in [1.82, 2.24) is 8.61 Å². The van der Waals surface area contributed by atoms with Crippen LogP contribution in [0, 0.1) is 5.92 Å². The first-order chi connectivity index (χ1) is 13.3. The van der Waals surface area contributed by atoms with Gasteiger partial charge in [-0.25, -0.2) is 21.8 Å². The van der Waals surface area contributed by atoms with E-state index in [4.69, 9.17) is 4.74 Å². The van der Waals surface area contributed by atoms with Gasteiger partial charge in [-0.2, -0.15) is 4.31 Å². The molecule has 2 fully saturated rings. The maximum Gasteiger partial charge on any atom is 0.267 e. The van der Waals surface area contributed by atoms with E-state index < -0.39 is 20.0 Å². The number of aliphatic imine (C=N–C) groups is 1. The number of ether oxygens (including phenoxy) is 1. The Morgan fingerprint density at radius 1 is 1.11 bits per heavy atom. The van der Waals surface area contributed by atoms with E-state index in [9.17, 15) is 16.8 Å². The largest absolute Gasteiger partial charge is 0.379 e. The average Bonchev–Trinajstić information content (AvgIpc) is 2.72. The summed E-state index contributed by atoms with van der Waals surface area (Å²) >= 11 is 0. The van der Waals surface area contributed by atoms with Crippen LogP contribution in [0.5, 0.6) is 0 Å². The standard InChI is InChI=1S/C18H25N3O5S2/c1-20-18(14-5-3-2-4-6-14)19-16-8-7-15(13-17(16)28(20,24)25)27(22,23)21-9-11-26-12-10-21/h7-8,13-14H,2-6,9-12H2,1H3. The van der Waals surface area contributed by atoms with E-state index >= 15 is 0 Å². The molecular weight excluding hydrogens is 402 g/mol. The molecule has 4 rings (SSSR count). The number of morpholine rings is 1. The summed E-state index contributed by atoms with van der Waals surface area (Å²) < 4.78 is 59.8. The van der Waals surface area contributed by atoms with Gasteiger partial charge in [-0.05, 0) is 31.0 Å². The quantitative estimate of drug-likeness (QED) is 0.735. The normalized spacial score (nSPS) is 23.9. The Bertz CT molecular complexity index is 992. The highest BCUT2D eigenvalue weighted by atomic mass is 32.2. The molecule has 1 aromatic rings. The van der Waals surface area contributed by atoms with Gasteiger partial charge in [0, 0.05) is 26.1 Å². The molecular formula is C18H25N3O5S2. The summed E-state index contributed by atoms with van der Waals surface area (Å²) in [6.07, 6.45) is 5.16. The summed E-state index contributed by atoms with van der Waals surface area (Å²) in [5.74, 6) is 0.689. The number of nitrogens with zero attached hydrogens (tertiary/aromatic N) is 3. The highest BCUT2D eigenvalue weighted by Gasteiger charge is 2.37. The summed E-state index contributed by atoms with van der Waals surface area (Å²) in [6, 6.07) is 4.20. The third-order valence-corrected chi connectivity index (χ3v) is 9.39. The van der Waals surface area contributed by atoms with E-state index in [-0.39, 0.29) is 28.8 Å². The molecule has 3 aliphatic rings. The zero-order valence-corrected chi connectivity index (χ0v) is 17.5. The molecule has 154 valence electrons. The van der Waals surface area contributed by atoms with Crippen molar-refractivity contribution in [2.24, 2.45) is 10.9 Å². The first-order valence-electron chi connectivity index (χ1n) is 9.61. The summed E-state index contributed by atoms with van der Waals surface area (Å²) in [7, 11) is -6.10. The predicted octanol–water partition coefficient (Wildman–Crippen LogP) is 1.95. The van der Waals surface area contributed by atoms with Crippen molar-refractivity contribution < 1.29 is 21.6 Å². The zero-order valence-electron chi connectivity index (χ0n) is 15.9. The number of hydrogen-bond acceptors (Lipinski definition) is 6. The Morgan fingerprint density at radius 3 is 2.46 bits per heavy atom. The monoisotopic (exact) mass is 427 g/mol. The second-order valence-corrected chi connectivity index (χ2v) is 11.3. The number of sulfonamides is 2. The first-order valence-corrected chi connectivity index (χ1v) is 12.5. The molecule has 0 amide bonds. The van der Waals surface area contributed by atoms with Crippen LogP contribution in [0.3, 0.4) is 0 Å². The molecule has 28 heavy (non-hydrogen) atoms. The van der Waals surface area contributed by atoms with Crippen molar-refractivity contribution in [2.45, 2.75) is 41.9 Å². The van der Waals surface area contributed by atoms with Crippen molar-refractivity contribution in [3.8, 4) is 0 Å². The van der Waals surface area contributed by atoms with E-state index in [2.05, 4.69) is 4.99 Å². The van der Waals surface area contributed by atoms with Crippen LogP contribution in [0.4, 0.5) is 5.69 Å². The molecule has 0 atom stereocenters. The van der Waals surface area contributed by atoms with Gasteiger partial charge in [-0.1, -0.05) is 19.3 Å². The van der Waals surface area contributed by atoms with Crippen LogP contribution in [0.15, 0.2) is 33.0 Å². The molecule has 1 saturated heterocycles. The number of amidine groups is 1. The molecule has 10 heteroatoms. The van der Waals surface area contributed by atoms with Crippen LogP contribution < -0.4 is 0 Å². The smallest absolute Gasteiger partial charge is 0.267 e. The summed E-state index contributed by atoms with van der Waals surface area (Å²) in [6.45, 7) is 1.19. The fourth-order valence-electron chi connectivity index (χ4n) is 4.06. The lowest BCUT2D eigenvalue weighted by atomic mass is 9.88. The third-order valence-electron chi connectivity index (χ3n) is 5.71. The lowest BCUT2D eigenvalue weighted by Gasteiger charge is -2.33. The average molecular weight is 428 g/mol. The number of rotatable bonds is 3.